The third kappa shape index (κ3) is 3.32. The Morgan fingerprint density at radius 2 is 1.96 bits per heavy atom. The number of nitrogens with one attached hydrogen (secondary N) is 1. The van der Waals surface area contributed by atoms with Gasteiger partial charge in [-0.15, -0.1) is 11.3 Å². The van der Waals surface area contributed by atoms with E-state index in [1.54, 1.807) is 16.3 Å². The minimum atomic E-state index is -0.547. The number of primary amides is 1. The summed E-state index contributed by atoms with van der Waals surface area (Å²) in [6.45, 7) is 5.94. The molecule has 2 heterocycles. The molecule has 3 N–H and O–H groups in total. The Morgan fingerprint density at radius 1 is 1.20 bits per heavy atom. The molecule has 7 heteroatoms. The van der Waals surface area contributed by atoms with Gasteiger partial charge in [0.1, 0.15) is 0 Å². The van der Waals surface area contributed by atoms with Crippen LogP contribution in [0.25, 0.3) is 5.69 Å². The van der Waals surface area contributed by atoms with Crippen LogP contribution < -0.4 is 11.1 Å². The monoisotopic (exact) mass is 354 g/mol. The molecule has 25 heavy (non-hydrogen) atoms. The first-order chi connectivity index (χ1) is 11.9. The number of nitrogens with two attached hydrogens (primary N) is 1. The van der Waals surface area contributed by atoms with Crippen molar-refractivity contribution < 1.29 is 9.59 Å². The van der Waals surface area contributed by atoms with E-state index in [0.29, 0.717) is 16.1 Å². The Bertz CT molecular complexity index is 971. The van der Waals surface area contributed by atoms with Crippen LogP contribution in [0.3, 0.4) is 0 Å². The van der Waals surface area contributed by atoms with E-state index < -0.39 is 5.91 Å². The molecule has 0 saturated heterocycles. The van der Waals surface area contributed by atoms with Gasteiger partial charge >= 0.3 is 0 Å². The summed E-state index contributed by atoms with van der Waals surface area (Å²) in [4.78, 5) is 24.0. The van der Waals surface area contributed by atoms with Crippen molar-refractivity contribution in [1.82, 2.24) is 9.78 Å². The Hall–Kier alpha value is -2.93. The topological polar surface area (TPSA) is 90.0 Å². The SMILES string of the molecule is Cc1ccc(C)c(-n2ncc(NC(=O)c3cc(C(N)=O)cs3)c2C)c1. The zero-order valence-corrected chi connectivity index (χ0v) is 15.0. The van der Waals surface area contributed by atoms with Crippen LogP contribution >= 0.6 is 11.3 Å². The number of anilines is 1. The van der Waals surface area contributed by atoms with E-state index in [4.69, 9.17) is 5.73 Å². The summed E-state index contributed by atoms with van der Waals surface area (Å²) < 4.78 is 1.81. The number of benzene rings is 1. The summed E-state index contributed by atoms with van der Waals surface area (Å²) in [6.07, 6.45) is 1.62. The highest BCUT2D eigenvalue weighted by Gasteiger charge is 2.16. The molecular weight excluding hydrogens is 336 g/mol. The van der Waals surface area contributed by atoms with Gasteiger partial charge in [0, 0.05) is 5.38 Å². The van der Waals surface area contributed by atoms with E-state index in [9.17, 15) is 9.59 Å². The van der Waals surface area contributed by atoms with Crippen molar-refractivity contribution in [3.8, 4) is 5.69 Å². The maximum Gasteiger partial charge on any atom is 0.265 e. The molecule has 1 aromatic carbocycles. The third-order valence-electron chi connectivity index (χ3n) is 3.96. The molecule has 0 aliphatic carbocycles. The summed E-state index contributed by atoms with van der Waals surface area (Å²) in [5.74, 6) is -0.838. The van der Waals surface area contributed by atoms with Crippen molar-refractivity contribution in [2.45, 2.75) is 20.8 Å². The summed E-state index contributed by atoms with van der Waals surface area (Å²) in [7, 11) is 0. The number of aromatic nitrogens is 2. The molecule has 0 aliphatic rings. The van der Waals surface area contributed by atoms with Crippen LogP contribution in [-0.4, -0.2) is 21.6 Å². The fourth-order valence-electron chi connectivity index (χ4n) is 2.49. The molecule has 0 unspecified atom stereocenters. The first kappa shape index (κ1) is 16.9. The average Bonchev–Trinajstić information content (AvgIpc) is 3.18. The lowest BCUT2D eigenvalue weighted by Gasteiger charge is -2.10. The second kappa shape index (κ2) is 6.52. The van der Waals surface area contributed by atoms with Crippen molar-refractivity contribution in [3.05, 3.63) is 63.1 Å². The van der Waals surface area contributed by atoms with Crippen molar-refractivity contribution in [3.63, 3.8) is 0 Å². The normalized spacial score (nSPS) is 10.7. The van der Waals surface area contributed by atoms with E-state index >= 15 is 0 Å². The van der Waals surface area contributed by atoms with Gasteiger partial charge in [-0.1, -0.05) is 12.1 Å². The molecule has 128 valence electrons. The standard InChI is InChI=1S/C18H18N4O2S/c1-10-4-5-11(2)15(6-10)22-12(3)14(8-20-22)21-18(24)16-7-13(9-25-16)17(19)23/h4-9H,1-3H3,(H2,19,23)(H,21,24). The lowest BCUT2D eigenvalue weighted by atomic mass is 10.1. The van der Waals surface area contributed by atoms with Crippen LogP contribution in [0.15, 0.2) is 35.8 Å². The predicted molar refractivity (Wildman–Crippen MR) is 98.6 cm³/mol. The number of hydrogen-bond acceptors (Lipinski definition) is 4. The molecule has 0 aliphatic heterocycles. The maximum atomic E-state index is 12.4. The molecule has 0 radical (unpaired) electrons. The van der Waals surface area contributed by atoms with E-state index in [0.717, 1.165) is 22.5 Å². The lowest BCUT2D eigenvalue weighted by molar-refractivity contribution is 0.100. The average molecular weight is 354 g/mol. The van der Waals surface area contributed by atoms with Crippen molar-refractivity contribution in [1.29, 1.82) is 0 Å². The van der Waals surface area contributed by atoms with Crippen LogP contribution in [0.2, 0.25) is 0 Å². The zero-order chi connectivity index (χ0) is 18.1. The number of carbonyl (C=O) groups excluding carboxylic acids is 2. The molecule has 0 spiro atoms. The molecular formula is C18H18N4O2S. The van der Waals surface area contributed by atoms with Gasteiger partial charge in [0.05, 0.1) is 33.7 Å². The smallest absolute Gasteiger partial charge is 0.265 e. The maximum absolute atomic E-state index is 12.4. The molecule has 2 amide bonds. The molecule has 0 atom stereocenters. The van der Waals surface area contributed by atoms with E-state index in [1.165, 1.54) is 17.4 Å². The van der Waals surface area contributed by atoms with Crippen LogP contribution in [-0.2, 0) is 0 Å². The number of nitrogens with zero attached hydrogens (tertiary/aromatic N) is 2. The fraction of sp³-hybridized carbons (Fsp3) is 0.167. The molecule has 0 fully saturated rings. The molecule has 2 aromatic heterocycles. The van der Waals surface area contributed by atoms with Gasteiger partial charge in [-0.05, 0) is 44.0 Å². The Balaban J connectivity index is 1.87. The quantitative estimate of drug-likeness (QED) is 0.754. The summed E-state index contributed by atoms with van der Waals surface area (Å²) in [6, 6.07) is 7.64. The van der Waals surface area contributed by atoms with Crippen LogP contribution in [0.4, 0.5) is 5.69 Å². The van der Waals surface area contributed by atoms with E-state index in [-0.39, 0.29) is 5.91 Å². The largest absolute Gasteiger partial charge is 0.366 e. The zero-order valence-electron chi connectivity index (χ0n) is 14.2. The molecule has 3 aromatic rings. The minimum Gasteiger partial charge on any atom is -0.366 e. The van der Waals surface area contributed by atoms with Crippen molar-refractivity contribution >= 4 is 28.8 Å². The Kier molecular flexibility index (Phi) is 4.41. The van der Waals surface area contributed by atoms with E-state index in [1.807, 2.05) is 32.9 Å². The second-order valence-corrected chi connectivity index (χ2v) is 6.77. The number of aryl methyl sites for hydroxylation is 2. The summed E-state index contributed by atoms with van der Waals surface area (Å²) >= 11 is 1.18. The Morgan fingerprint density at radius 3 is 2.64 bits per heavy atom. The van der Waals surface area contributed by atoms with Gasteiger partial charge in [-0.3, -0.25) is 9.59 Å². The predicted octanol–water partition coefficient (Wildman–Crippen LogP) is 3.21. The highest BCUT2D eigenvalue weighted by Crippen LogP contribution is 2.23. The van der Waals surface area contributed by atoms with Gasteiger partial charge < -0.3 is 11.1 Å². The minimum absolute atomic E-state index is 0.291. The van der Waals surface area contributed by atoms with Crippen LogP contribution in [0.5, 0.6) is 0 Å². The summed E-state index contributed by atoms with van der Waals surface area (Å²) in [5, 5.41) is 8.81. The second-order valence-electron chi connectivity index (χ2n) is 5.86. The van der Waals surface area contributed by atoms with Gasteiger partial charge in [0.15, 0.2) is 0 Å². The van der Waals surface area contributed by atoms with Gasteiger partial charge in [0.2, 0.25) is 5.91 Å². The molecule has 6 nitrogen and oxygen atoms in total. The Labute approximate surface area is 149 Å². The fourth-order valence-corrected chi connectivity index (χ4v) is 3.28. The number of amides is 2. The lowest BCUT2D eigenvalue weighted by Crippen LogP contribution is -2.12. The van der Waals surface area contributed by atoms with Crippen molar-refractivity contribution in [2.24, 2.45) is 5.73 Å². The highest BCUT2D eigenvalue weighted by molar-refractivity contribution is 7.12. The van der Waals surface area contributed by atoms with Crippen LogP contribution in [0, 0.1) is 20.8 Å². The van der Waals surface area contributed by atoms with Gasteiger partial charge in [0.25, 0.3) is 5.91 Å². The van der Waals surface area contributed by atoms with Crippen molar-refractivity contribution in [2.75, 3.05) is 5.32 Å². The summed E-state index contributed by atoms with van der Waals surface area (Å²) in [5.41, 5.74) is 10.2. The molecule has 3 rings (SSSR count). The third-order valence-corrected chi connectivity index (χ3v) is 4.89. The first-order valence-electron chi connectivity index (χ1n) is 7.68. The number of carbonyl (C=O) groups is 2. The van der Waals surface area contributed by atoms with Gasteiger partial charge in [-0.25, -0.2) is 4.68 Å². The number of thiophene rings is 1. The molecule has 0 bridgehead atoms. The van der Waals surface area contributed by atoms with E-state index in [2.05, 4.69) is 16.5 Å². The number of rotatable bonds is 4. The first-order valence-corrected chi connectivity index (χ1v) is 8.56. The molecule has 0 saturated carbocycles. The van der Waals surface area contributed by atoms with Crippen LogP contribution in [0.1, 0.15) is 36.9 Å². The highest BCUT2D eigenvalue weighted by atomic mass is 32.1. The number of hydrogen-bond donors (Lipinski definition) is 2. The van der Waals surface area contributed by atoms with Gasteiger partial charge in [-0.2, -0.15) is 5.10 Å².